The van der Waals surface area contributed by atoms with Crippen molar-refractivity contribution in [2.75, 3.05) is 13.7 Å². The van der Waals surface area contributed by atoms with Gasteiger partial charge in [-0.1, -0.05) is 68.0 Å². The van der Waals surface area contributed by atoms with Gasteiger partial charge in [0.2, 0.25) is 5.91 Å². The Kier molecular flexibility index (Phi) is 9.83. The maximum absolute atomic E-state index is 15.4. The number of hydrogen-bond acceptors (Lipinski definition) is 6. The number of halogens is 1. The minimum Gasteiger partial charge on any atom is -0.496 e. The minimum atomic E-state index is -0.680. The molecular formula is C42H49FN2O6. The van der Waals surface area contributed by atoms with Gasteiger partial charge in [0.1, 0.15) is 12.4 Å². The van der Waals surface area contributed by atoms with Crippen molar-refractivity contribution in [3.05, 3.63) is 83.7 Å². The highest BCUT2D eigenvalue weighted by molar-refractivity contribution is 5.98. The van der Waals surface area contributed by atoms with E-state index in [4.69, 9.17) is 14.2 Å². The van der Waals surface area contributed by atoms with Crippen LogP contribution in [0.15, 0.2) is 66.7 Å². The first kappa shape index (κ1) is 35.0. The summed E-state index contributed by atoms with van der Waals surface area (Å²) in [6, 6.07) is 16.2. The van der Waals surface area contributed by atoms with Crippen molar-refractivity contribution in [1.82, 2.24) is 10.6 Å². The molecule has 51 heavy (non-hydrogen) atoms. The summed E-state index contributed by atoms with van der Waals surface area (Å²) in [5.74, 6) is -1.58. The number of benzene rings is 3. The van der Waals surface area contributed by atoms with E-state index in [9.17, 15) is 14.4 Å². The second-order valence-corrected chi connectivity index (χ2v) is 15.8. The van der Waals surface area contributed by atoms with E-state index in [1.807, 2.05) is 49.4 Å². The van der Waals surface area contributed by atoms with Crippen molar-refractivity contribution in [1.29, 1.82) is 0 Å². The smallest absolute Gasteiger partial charge is 0.312 e. The van der Waals surface area contributed by atoms with Gasteiger partial charge < -0.3 is 24.8 Å². The number of esters is 1. The zero-order chi connectivity index (χ0) is 35.8. The minimum absolute atomic E-state index is 0.0238. The number of rotatable bonds is 11. The second kappa shape index (κ2) is 14.3. The molecule has 0 aliphatic heterocycles. The second-order valence-electron chi connectivity index (χ2n) is 15.8. The van der Waals surface area contributed by atoms with Crippen LogP contribution in [-0.4, -0.2) is 43.6 Å². The molecule has 0 heterocycles. The third-order valence-electron chi connectivity index (χ3n) is 12.2. The van der Waals surface area contributed by atoms with E-state index in [1.165, 1.54) is 25.7 Å². The molecule has 5 aliphatic rings. The van der Waals surface area contributed by atoms with Gasteiger partial charge in [-0.05, 0) is 97.9 Å². The van der Waals surface area contributed by atoms with Crippen LogP contribution in [0.25, 0.3) is 10.8 Å². The van der Waals surface area contributed by atoms with Crippen molar-refractivity contribution in [3.8, 4) is 11.5 Å². The summed E-state index contributed by atoms with van der Waals surface area (Å²) in [6.45, 7) is 4.96. The standard InChI is InChI=1S/C42H49FN2O6/c1-41(18-7-19-41)25-44-39(47)36-27-12-14-28(15-13-27)37(36)45-38(46)32-22-35(33(43)23-34(32)49-3)51-30-16-20-42(2,21-17-30)40(48)50-24-29-10-6-9-26-8-4-5-11-31(26)29/h4-6,8-12,14,22-23,27-28,30,36-37H,7,13,15-21,24-25H2,1-3H3,(H,44,47)(H,45,46). The highest BCUT2D eigenvalue weighted by Crippen LogP contribution is 2.43. The Balaban J connectivity index is 0.988. The number of ether oxygens (including phenoxy) is 3. The van der Waals surface area contributed by atoms with E-state index in [0.29, 0.717) is 32.2 Å². The Bertz CT molecular complexity index is 1820. The Morgan fingerprint density at radius 3 is 2.31 bits per heavy atom. The summed E-state index contributed by atoms with van der Waals surface area (Å²) in [6.07, 6.45) is 11.2. The fourth-order valence-electron chi connectivity index (χ4n) is 8.59. The Hall–Kier alpha value is -4.40. The lowest BCUT2D eigenvalue weighted by Crippen LogP contribution is -2.57. The van der Waals surface area contributed by atoms with Crippen LogP contribution in [0.4, 0.5) is 4.39 Å². The number of fused-ring (bicyclic) bond motifs is 3. The van der Waals surface area contributed by atoms with E-state index < -0.39 is 17.1 Å². The molecule has 2 bridgehead atoms. The van der Waals surface area contributed by atoms with Crippen molar-refractivity contribution in [2.24, 2.45) is 28.6 Å². The first-order valence-electron chi connectivity index (χ1n) is 18.5. The first-order valence-corrected chi connectivity index (χ1v) is 18.5. The van der Waals surface area contributed by atoms with Crippen LogP contribution in [0.1, 0.15) is 87.6 Å². The van der Waals surface area contributed by atoms with E-state index in [1.54, 1.807) is 0 Å². The van der Waals surface area contributed by atoms with Crippen LogP contribution in [0, 0.1) is 34.4 Å². The number of amides is 2. The summed E-state index contributed by atoms with van der Waals surface area (Å²) < 4.78 is 32.8. The Morgan fingerprint density at radius 1 is 0.882 bits per heavy atom. The topological polar surface area (TPSA) is 103 Å². The highest BCUT2D eigenvalue weighted by Gasteiger charge is 2.46. The fraction of sp³-hybridized carbons (Fsp3) is 0.500. The molecule has 8 nitrogen and oxygen atoms in total. The number of carbonyl (C=O) groups excluding carboxylic acids is 3. The molecular weight excluding hydrogens is 647 g/mol. The zero-order valence-corrected chi connectivity index (χ0v) is 29.8. The fourth-order valence-corrected chi connectivity index (χ4v) is 8.59. The van der Waals surface area contributed by atoms with Crippen LogP contribution < -0.4 is 20.1 Å². The molecule has 4 unspecified atom stereocenters. The van der Waals surface area contributed by atoms with Crippen molar-refractivity contribution < 1.29 is 33.0 Å². The molecule has 2 amide bonds. The molecule has 0 radical (unpaired) electrons. The van der Waals surface area contributed by atoms with Gasteiger partial charge in [0.25, 0.3) is 5.91 Å². The molecule has 9 heteroatoms. The number of methoxy groups -OCH3 is 1. The molecule has 4 atom stereocenters. The van der Waals surface area contributed by atoms with Crippen molar-refractivity contribution in [3.63, 3.8) is 0 Å². The summed E-state index contributed by atoms with van der Waals surface area (Å²) in [7, 11) is 1.40. The third-order valence-corrected chi connectivity index (χ3v) is 12.2. The lowest BCUT2D eigenvalue weighted by Gasteiger charge is -2.45. The Morgan fingerprint density at radius 2 is 1.61 bits per heavy atom. The molecule has 3 aromatic carbocycles. The summed E-state index contributed by atoms with van der Waals surface area (Å²) in [5, 5.41) is 8.50. The summed E-state index contributed by atoms with van der Waals surface area (Å²) in [4.78, 5) is 40.7. The van der Waals surface area contributed by atoms with Gasteiger partial charge in [-0.3, -0.25) is 14.4 Å². The normalized spacial score (nSPS) is 27.6. The highest BCUT2D eigenvalue weighted by atomic mass is 19.1. The maximum atomic E-state index is 15.4. The molecule has 0 saturated heterocycles. The van der Waals surface area contributed by atoms with Crippen molar-refractivity contribution in [2.45, 2.75) is 90.4 Å². The first-order chi connectivity index (χ1) is 24.6. The Labute approximate surface area is 299 Å². The van der Waals surface area contributed by atoms with E-state index in [2.05, 4.69) is 29.7 Å². The van der Waals surface area contributed by atoms with Crippen LogP contribution in [0.2, 0.25) is 0 Å². The van der Waals surface area contributed by atoms with Crippen molar-refractivity contribution >= 4 is 28.6 Å². The SMILES string of the molecule is COc1cc(F)c(OC2CCC(C)(C(=O)OCc3cccc4ccccc34)CC2)cc1C(=O)NC1C2C=CC(CC2)C1C(=O)NCC1(C)CCC1. The van der Waals surface area contributed by atoms with Gasteiger partial charge in [-0.2, -0.15) is 0 Å². The third kappa shape index (κ3) is 7.22. The molecule has 0 spiro atoms. The van der Waals surface area contributed by atoms with Gasteiger partial charge in [-0.15, -0.1) is 0 Å². The summed E-state index contributed by atoms with van der Waals surface area (Å²) in [5.41, 5.74) is 0.577. The quantitative estimate of drug-likeness (QED) is 0.158. The molecule has 5 aliphatic carbocycles. The van der Waals surface area contributed by atoms with Gasteiger partial charge >= 0.3 is 5.97 Å². The van der Waals surface area contributed by atoms with Crippen LogP contribution in [0.5, 0.6) is 11.5 Å². The monoisotopic (exact) mass is 696 g/mol. The number of carbonyl (C=O) groups is 3. The summed E-state index contributed by atoms with van der Waals surface area (Å²) >= 11 is 0. The zero-order valence-electron chi connectivity index (χ0n) is 29.8. The lowest BCUT2D eigenvalue weighted by atomic mass is 9.65. The van der Waals surface area contributed by atoms with Crippen LogP contribution >= 0.6 is 0 Å². The number of hydrogen-bond donors (Lipinski definition) is 2. The maximum Gasteiger partial charge on any atom is 0.312 e. The molecule has 3 saturated carbocycles. The van der Waals surface area contributed by atoms with E-state index >= 15 is 4.39 Å². The largest absolute Gasteiger partial charge is 0.496 e. The average molecular weight is 697 g/mol. The molecule has 270 valence electrons. The van der Waals surface area contributed by atoms with Crippen LogP contribution in [-0.2, 0) is 20.9 Å². The molecule has 8 rings (SSSR count). The van der Waals surface area contributed by atoms with E-state index in [0.717, 1.165) is 42.0 Å². The van der Waals surface area contributed by atoms with Crippen LogP contribution in [0.3, 0.4) is 0 Å². The molecule has 3 fully saturated rings. The predicted octanol–water partition coefficient (Wildman–Crippen LogP) is 7.68. The van der Waals surface area contributed by atoms with Gasteiger partial charge in [-0.25, -0.2) is 4.39 Å². The molecule has 3 aromatic rings. The van der Waals surface area contributed by atoms with Gasteiger partial charge in [0.15, 0.2) is 11.6 Å². The van der Waals surface area contributed by atoms with E-state index in [-0.39, 0.29) is 70.9 Å². The molecule has 0 aromatic heterocycles. The number of allylic oxidation sites excluding steroid dienone is 1. The molecule has 2 N–H and O–H groups in total. The number of nitrogens with one attached hydrogen (secondary N) is 2. The average Bonchev–Trinajstić information content (AvgIpc) is 3.14. The predicted molar refractivity (Wildman–Crippen MR) is 193 cm³/mol. The lowest BCUT2D eigenvalue weighted by molar-refractivity contribution is -0.159. The van der Waals surface area contributed by atoms with Gasteiger partial charge in [0.05, 0.1) is 30.1 Å². The van der Waals surface area contributed by atoms with Gasteiger partial charge in [0, 0.05) is 18.7 Å².